The molecule has 0 fully saturated rings. The quantitative estimate of drug-likeness (QED) is 0.677. The maximum atomic E-state index is 10.7. The molecule has 0 saturated heterocycles. The van der Waals surface area contributed by atoms with Crippen LogP contribution in [-0.4, -0.2) is 15.9 Å². The van der Waals surface area contributed by atoms with Crippen LogP contribution in [0.2, 0.25) is 0 Å². The molecule has 1 atom stereocenters. The predicted molar refractivity (Wildman–Crippen MR) is 39.9 cm³/mol. The van der Waals surface area contributed by atoms with Gasteiger partial charge in [0.25, 0.3) is 0 Å². The van der Waals surface area contributed by atoms with Gasteiger partial charge in [-0.2, -0.15) is 0 Å². The van der Waals surface area contributed by atoms with Crippen molar-refractivity contribution in [3.63, 3.8) is 0 Å². The minimum absolute atomic E-state index is 0.254. The van der Waals surface area contributed by atoms with Crippen molar-refractivity contribution in [1.82, 2.24) is 4.98 Å². The lowest BCUT2D eigenvalue weighted by molar-refractivity contribution is -0.125. The normalized spacial score (nSPS) is 12.5. The van der Waals surface area contributed by atoms with Gasteiger partial charge in [-0.25, -0.2) is 0 Å². The average molecular weight is 151 g/mol. The van der Waals surface area contributed by atoms with E-state index < -0.39 is 6.10 Å². The Balaban J connectivity index is 2.85. The second-order valence-electron chi connectivity index (χ2n) is 2.29. The maximum absolute atomic E-state index is 10.7. The lowest BCUT2D eigenvalue weighted by atomic mass is 10.1. The zero-order chi connectivity index (χ0) is 8.27. The van der Waals surface area contributed by atoms with Crippen LogP contribution in [0.25, 0.3) is 0 Å². The summed E-state index contributed by atoms with van der Waals surface area (Å²) in [5.41, 5.74) is 0.590. The molecule has 0 amide bonds. The molecule has 1 N–H and O–H groups in total. The van der Waals surface area contributed by atoms with Crippen LogP contribution < -0.4 is 0 Å². The third-order valence-electron chi connectivity index (χ3n) is 1.41. The Morgan fingerprint density at radius 3 is 2.55 bits per heavy atom. The molecule has 0 aromatic carbocycles. The third-order valence-corrected chi connectivity index (χ3v) is 1.41. The second-order valence-corrected chi connectivity index (χ2v) is 2.29. The molecule has 0 radical (unpaired) electrons. The molecule has 1 aromatic heterocycles. The van der Waals surface area contributed by atoms with Crippen molar-refractivity contribution < 1.29 is 9.90 Å². The van der Waals surface area contributed by atoms with E-state index in [2.05, 4.69) is 4.98 Å². The fourth-order valence-electron chi connectivity index (χ4n) is 0.780. The molecule has 3 heteroatoms. The van der Waals surface area contributed by atoms with E-state index in [0.717, 1.165) is 0 Å². The standard InChI is InChI=1S/C8H9NO2/c1-6(10)8(11)7-2-4-9-5-3-7/h2-5,8,11H,1H3. The fraction of sp³-hybridized carbons (Fsp3) is 0.250. The molecule has 1 unspecified atom stereocenters. The van der Waals surface area contributed by atoms with Gasteiger partial charge in [-0.3, -0.25) is 9.78 Å². The van der Waals surface area contributed by atoms with E-state index in [9.17, 15) is 9.90 Å². The fourth-order valence-corrected chi connectivity index (χ4v) is 0.780. The highest BCUT2D eigenvalue weighted by atomic mass is 16.3. The van der Waals surface area contributed by atoms with Gasteiger partial charge in [0.15, 0.2) is 5.78 Å². The number of nitrogens with zero attached hydrogens (tertiary/aromatic N) is 1. The Morgan fingerprint density at radius 1 is 1.55 bits per heavy atom. The maximum Gasteiger partial charge on any atom is 0.162 e. The third kappa shape index (κ3) is 1.85. The molecule has 1 heterocycles. The van der Waals surface area contributed by atoms with Gasteiger partial charge in [-0.15, -0.1) is 0 Å². The lowest BCUT2D eigenvalue weighted by Crippen LogP contribution is -2.06. The number of rotatable bonds is 2. The lowest BCUT2D eigenvalue weighted by Gasteiger charge is -2.04. The van der Waals surface area contributed by atoms with Gasteiger partial charge in [0.1, 0.15) is 6.10 Å². The molecular formula is C8H9NO2. The van der Waals surface area contributed by atoms with Crippen LogP contribution in [-0.2, 0) is 4.79 Å². The van der Waals surface area contributed by atoms with Crippen LogP contribution in [0.1, 0.15) is 18.6 Å². The van der Waals surface area contributed by atoms with E-state index in [1.165, 1.54) is 6.92 Å². The van der Waals surface area contributed by atoms with Crippen LogP contribution in [0.5, 0.6) is 0 Å². The van der Waals surface area contributed by atoms with Crippen molar-refractivity contribution in [2.75, 3.05) is 0 Å². The Labute approximate surface area is 64.7 Å². The molecule has 0 aliphatic carbocycles. The summed E-state index contributed by atoms with van der Waals surface area (Å²) in [6, 6.07) is 3.23. The van der Waals surface area contributed by atoms with E-state index in [-0.39, 0.29) is 5.78 Å². The summed E-state index contributed by atoms with van der Waals surface area (Å²) in [4.78, 5) is 14.4. The smallest absolute Gasteiger partial charge is 0.162 e. The second kappa shape index (κ2) is 3.25. The van der Waals surface area contributed by atoms with Crippen LogP contribution in [0, 0.1) is 0 Å². The first-order chi connectivity index (χ1) is 5.22. The number of carbonyl (C=O) groups excluding carboxylic acids is 1. The van der Waals surface area contributed by atoms with Crippen molar-refractivity contribution in [2.24, 2.45) is 0 Å². The van der Waals surface area contributed by atoms with E-state index in [1.807, 2.05) is 0 Å². The summed E-state index contributed by atoms with van der Waals surface area (Å²) in [5.74, 6) is -0.254. The molecule has 1 aromatic rings. The first kappa shape index (κ1) is 7.88. The van der Waals surface area contributed by atoms with Gasteiger partial charge in [-0.1, -0.05) is 0 Å². The van der Waals surface area contributed by atoms with Crippen LogP contribution in [0.4, 0.5) is 0 Å². The minimum Gasteiger partial charge on any atom is -0.381 e. The van der Waals surface area contributed by atoms with Crippen molar-refractivity contribution >= 4 is 5.78 Å². The number of aromatic nitrogens is 1. The van der Waals surface area contributed by atoms with Crippen molar-refractivity contribution in [2.45, 2.75) is 13.0 Å². The van der Waals surface area contributed by atoms with Gasteiger partial charge in [0.05, 0.1) is 0 Å². The SMILES string of the molecule is CC(=O)C(O)c1ccncc1. The van der Waals surface area contributed by atoms with E-state index in [4.69, 9.17) is 0 Å². The molecule has 0 aliphatic heterocycles. The van der Waals surface area contributed by atoms with E-state index in [1.54, 1.807) is 24.5 Å². The number of hydrogen-bond acceptors (Lipinski definition) is 3. The molecule has 0 aliphatic rings. The summed E-state index contributed by atoms with van der Waals surface area (Å²) in [6.07, 6.45) is 2.08. The topological polar surface area (TPSA) is 50.2 Å². The van der Waals surface area contributed by atoms with Gasteiger partial charge < -0.3 is 5.11 Å². The molecule has 3 nitrogen and oxygen atoms in total. The van der Waals surface area contributed by atoms with Gasteiger partial charge in [-0.05, 0) is 24.6 Å². The zero-order valence-electron chi connectivity index (χ0n) is 6.19. The van der Waals surface area contributed by atoms with Gasteiger partial charge in [0.2, 0.25) is 0 Å². The highest BCUT2D eigenvalue weighted by molar-refractivity contribution is 5.81. The monoisotopic (exact) mass is 151 g/mol. The van der Waals surface area contributed by atoms with Crippen LogP contribution in [0.15, 0.2) is 24.5 Å². The first-order valence-corrected chi connectivity index (χ1v) is 3.30. The van der Waals surface area contributed by atoms with Gasteiger partial charge in [0, 0.05) is 12.4 Å². The minimum atomic E-state index is -1.00. The van der Waals surface area contributed by atoms with Crippen molar-refractivity contribution in [3.8, 4) is 0 Å². The molecule has 0 spiro atoms. The molecular weight excluding hydrogens is 142 g/mol. The first-order valence-electron chi connectivity index (χ1n) is 3.30. The number of ketones is 1. The average Bonchev–Trinajstić information content (AvgIpc) is 2.05. The number of aliphatic hydroxyl groups is 1. The van der Waals surface area contributed by atoms with Crippen molar-refractivity contribution in [1.29, 1.82) is 0 Å². The molecule has 0 bridgehead atoms. The van der Waals surface area contributed by atoms with E-state index >= 15 is 0 Å². The van der Waals surface area contributed by atoms with Gasteiger partial charge >= 0.3 is 0 Å². The summed E-state index contributed by atoms with van der Waals surface area (Å²) >= 11 is 0. The summed E-state index contributed by atoms with van der Waals surface area (Å²) in [6.45, 7) is 1.35. The summed E-state index contributed by atoms with van der Waals surface area (Å²) < 4.78 is 0. The largest absolute Gasteiger partial charge is 0.381 e. The summed E-state index contributed by atoms with van der Waals surface area (Å²) in [7, 11) is 0. The highest BCUT2D eigenvalue weighted by Gasteiger charge is 2.10. The van der Waals surface area contributed by atoms with Crippen molar-refractivity contribution in [3.05, 3.63) is 30.1 Å². The Morgan fingerprint density at radius 2 is 2.09 bits per heavy atom. The zero-order valence-corrected chi connectivity index (χ0v) is 6.19. The van der Waals surface area contributed by atoms with Crippen LogP contribution in [0.3, 0.4) is 0 Å². The number of hydrogen-bond donors (Lipinski definition) is 1. The molecule has 1 rings (SSSR count). The number of pyridine rings is 1. The van der Waals surface area contributed by atoms with E-state index in [0.29, 0.717) is 5.56 Å². The summed E-state index contributed by atoms with van der Waals surface area (Å²) in [5, 5.41) is 9.22. The Bertz CT molecular complexity index is 246. The number of Topliss-reactive ketones (excluding diaryl/α,β-unsaturated/α-hetero) is 1. The predicted octanol–water partition coefficient (Wildman–Crippen LogP) is 0.704. The molecule has 0 saturated carbocycles. The Kier molecular flexibility index (Phi) is 2.33. The highest BCUT2D eigenvalue weighted by Crippen LogP contribution is 2.10. The molecule has 11 heavy (non-hydrogen) atoms. The Hall–Kier alpha value is -1.22. The number of aliphatic hydroxyl groups excluding tert-OH is 1. The number of carbonyl (C=O) groups is 1. The van der Waals surface area contributed by atoms with Crippen LogP contribution >= 0.6 is 0 Å². The molecule has 58 valence electrons.